The fourth-order valence-electron chi connectivity index (χ4n) is 7.74. The Morgan fingerprint density at radius 2 is 1.81 bits per heavy atom. The van der Waals surface area contributed by atoms with Gasteiger partial charge in [-0.05, 0) is 94.8 Å². The molecule has 178 valence electrons. The van der Waals surface area contributed by atoms with Crippen LogP contribution in [0.4, 0.5) is 0 Å². The van der Waals surface area contributed by atoms with Gasteiger partial charge in [-0.2, -0.15) is 0 Å². The van der Waals surface area contributed by atoms with Crippen molar-refractivity contribution in [1.82, 2.24) is 0 Å². The third kappa shape index (κ3) is 3.18. The number of aliphatic hydroxyl groups excluding tert-OH is 1. The van der Waals surface area contributed by atoms with Gasteiger partial charge in [0.25, 0.3) is 0 Å². The molecule has 4 rings (SSSR count). The minimum Gasteiger partial charge on any atom is -0.393 e. The van der Waals surface area contributed by atoms with Crippen molar-refractivity contribution in [3.63, 3.8) is 0 Å². The molecule has 32 heavy (non-hydrogen) atoms. The minimum absolute atomic E-state index is 0.0848. The number of ketones is 1. The molecule has 6 unspecified atom stereocenters. The van der Waals surface area contributed by atoms with Gasteiger partial charge in [-0.15, -0.1) is 0 Å². The summed E-state index contributed by atoms with van der Waals surface area (Å²) in [5.74, 6) is 0.396. The van der Waals surface area contributed by atoms with Crippen LogP contribution in [-0.4, -0.2) is 40.0 Å². The summed E-state index contributed by atoms with van der Waals surface area (Å²) < 4.78 is 0. The lowest BCUT2D eigenvalue weighted by Crippen LogP contribution is -2.62. The number of carbonyl (C=O) groups excluding carboxylic acids is 1. The van der Waals surface area contributed by atoms with E-state index in [9.17, 15) is 15.0 Å². The Morgan fingerprint density at radius 3 is 2.50 bits per heavy atom. The summed E-state index contributed by atoms with van der Waals surface area (Å²) >= 11 is 0. The summed E-state index contributed by atoms with van der Waals surface area (Å²) in [6, 6.07) is 0. The Hall–Kier alpha value is -1.46. The van der Waals surface area contributed by atoms with Crippen molar-refractivity contribution in [2.45, 2.75) is 98.2 Å². The predicted molar refractivity (Wildman–Crippen MR) is 126 cm³/mol. The van der Waals surface area contributed by atoms with Crippen LogP contribution in [0.5, 0.6) is 0 Å². The number of fused-ring (bicyclic) bond motifs is 5. The lowest BCUT2D eigenvalue weighted by molar-refractivity contribution is -0.157. The van der Waals surface area contributed by atoms with Crippen LogP contribution < -0.4 is 0 Å². The standard InChI is InChI=1S/C27H41NO4/c1-17(2)10-14-32-28-18(3)20-9-13-27(31)22-15-23(30)26(6)16-19(29)7-11-24(26,4)21(22)8-12-25(20,27)5/h10,15,19-21,29,31H,7-9,11-14,16H2,1-6H3/b28-18-/t19?,20?,21?,24?,25?,26?,27-/m1/s1. The molecule has 4 aliphatic carbocycles. The molecule has 0 heterocycles. The smallest absolute Gasteiger partial charge is 0.162 e. The van der Waals surface area contributed by atoms with Gasteiger partial charge in [0.15, 0.2) is 5.78 Å². The Morgan fingerprint density at radius 1 is 1.12 bits per heavy atom. The Balaban J connectivity index is 1.67. The van der Waals surface area contributed by atoms with Crippen molar-refractivity contribution in [3.8, 4) is 0 Å². The first kappa shape index (κ1) is 23.7. The van der Waals surface area contributed by atoms with Gasteiger partial charge in [0.05, 0.1) is 17.4 Å². The van der Waals surface area contributed by atoms with Crippen molar-refractivity contribution < 1.29 is 19.8 Å². The molecule has 0 aliphatic heterocycles. The summed E-state index contributed by atoms with van der Waals surface area (Å²) in [5, 5.41) is 27.0. The summed E-state index contributed by atoms with van der Waals surface area (Å²) in [4.78, 5) is 19.0. The fraction of sp³-hybridized carbons (Fsp3) is 0.778. The average Bonchev–Trinajstić information content (AvgIpc) is 2.99. The molecule has 7 atom stereocenters. The number of oxime groups is 1. The number of allylic oxidation sites excluding steroid dienone is 2. The number of aliphatic hydroxyl groups is 2. The summed E-state index contributed by atoms with van der Waals surface area (Å²) in [6.45, 7) is 13.0. The van der Waals surface area contributed by atoms with Gasteiger partial charge in [-0.3, -0.25) is 4.79 Å². The van der Waals surface area contributed by atoms with Crippen LogP contribution in [0.2, 0.25) is 0 Å². The van der Waals surface area contributed by atoms with Gasteiger partial charge < -0.3 is 15.1 Å². The van der Waals surface area contributed by atoms with Gasteiger partial charge in [0.2, 0.25) is 0 Å². The van der Waals surface area contributed by atoms with Crippen molar-refractivity contribution in [2.24, 2.45) is 33.2 Å². The van der Waals surface area contributed by atoms with E-state index in [1.54, 1.807) is 6.08 Å². The van der Waals surface area contributed by atoms with Crippen LogP contribution in [0.25, 0.3) is 0 Å². The molecular weight excluding hydrogens is 402 g/mol. The first-order chi connectivity index (χ1) is 14.9. The molecule has 5 heteroatoms. The van der Waals surface area contributed by atoms with E-state index >= 15 is 0 Å². The first-order valence-corrected chi connectivity index (χ1v) is 12.4. The van der Waals surface area contributed by atoms with E-state index in [4.69, 9.17) is 4.84 Å². The van der Waals surface area contributed by atoms with E-state index in [0.717, 1.165) is 43.4 Å². The maximum atomic E-state index is 13.5. The molecule has 0 aromatic heterocycles. The molecule has 5 nitrogen and oxygen atoms in total. The van der Waals surface area contributed by atoms with E-state index in [1.807, 2.05) is 33.8 Å². The zero-order chi connectivity index (χ0) is 23.5. The monoisotopic (exact) mass is 443 g/mol. The molecule has 0 saturated heterocycles. The second-order valence-corrected chi connectivity index (χ2v) is 11.9. The average molecular weight is 444 g/mol. The van der Waals surface area contributed by atoms with Crippen LogP contribution in [0.1, 0.15) is 86.5 Å². The van der Waals surface area contributed by atoms with Crippen LogP contribution >= 0.6 is 0 Å². The Labute approximate surface area is 193 Å². The predicted octanol–water partition coefficient (Wildman–Crippen LogP) is 4.97. The van der Waals surface area contributed by atoms with Gasteiger partial charge in [0.1, 0.15) is 6.61 Å². The topological polar surface area (TPSA) is 79.1 Å². The zero-order valence-electron chi connectivity index (χ0n) is 20.7. The van der Waals surface area contributed by atoms with Gasteiger partial charge in [-0.1, -0.05) is 31.5 Å². The zero-order valence-corrected chi connectivity index (χ0v) is 20.7. The third-order valence-corrected chi connectivity index (χ3v) is 10.1. The Kier molecular flexibility index (Phi) is 5.77. The molecule has 3 saturated carbocycles. The molecule has 0 aromatic rings. The van der Waals surface area contributed by atoms with Gasteiger partial charge in [-0.25, -0.2) is 0 Å². The van der Waals surface area contributed by atoms with E-state index in [1.165, 1.54) is 5.57 Å². The second-order valence-electron chi connectivity index (χ2n) is 11.9. The summed E-state index contributed by atoms with van der Waals surface area (Å²) in [5.41, 5.74) is 0.949. The van der Waals surface area contributed by atoms with Crippen LogP contribution in [-0.2, 0) is 9.63 Å². The highest BCUT2D eigenvalue weighted by molar-refractivity contribution is 5.98. The lowest BCUT2D eigenvalue weighted by atomic mass is 9.42. The SMILES string of the molecule is CC(C)=CCO/N=C(/C)C1CC[C@@]2(O)C3=CC(=O)C4(C)CC(O)CCC4(C)C3CCC12C. The highest BCUT2D eigenvalue weighted by Crippen LogP contribution is 2.69. The summed E-state index contributed by atoms with van der Waals surface area (Å²) in [7, 11) is 0. The van der Waals surface area contributed by atoms with Crippen molar-refractivity contribution in [1.29, 1.82) is 0 Å². The molecule has 3 fully saturated rings. The van der Waals surface area contributed by atoms with Crippen molar-refractivity contribution in [3.05, 3.63) is 23.3 Å². The molecule has 0 spiro atoms. The fourth-order valence-corrected chi connectivity index (χ4v) is 7.74. The normalized spacial score (nSPS) is 46.0. The molecular formula is C27H41NO4. The maximum absolute atomic E-state index is 13.5. The number of nitrogens with zero attached hydrogens (tertiary/aromatic N) is 1. The van der Waals surface area contributed by atoms with E-state index in [-0.39, 0.29) is 28.4 Å². The first-order valence-electron chi connectivity index (χ1n) is 12.4. The molecule has 0 radical (unpaired) electrons. The molecule has 0 bridgehead atoms. The second kappa shape index (κ2) is 7.80. The molecule has 4 aliphatic rings. The van der Waals surface area contributed by atoms with E-state index < -0.39 is 17.1 Å². The highest BCUT2D eigenvalue weighted by Gasteiger charge is 2.68. The number of hydrogen-bond acceptors (Lipinski definition) is 5. The van der Waals surface area contributed by atoms with Gasteiger partial charge in [0, 0.05) is 16.7 Å². The molecule has 0 aromatic carbocycles. The quantitative estimate of drug-likeness (QED) is 0.278. The number of hydrogen-bond donors (Lipinski definition) is 2. The maximum Gasteiger partial charge on any atom is 0.162 e. The number of rotatable bonds is 4. The van der Waals surface area contributed by atoms with Crippen LogP contribution in [0.3, 0.4) is 0 Å². The number of carbonyl (C=O) groups is 1. The lowest BCUT2D eigenvalue weighted by Gasteiger charge is -2.62. The van der Waals surface area contributed by atoms with Crippen molar-refractivity contribution >= 4 is 11.5 Å². The van der Waals surface area contributed by atoms with Crippen molar-refractivity contribution in [2.75, 3.05) is 6.61 Å². The molecule has 2 N–H and O–H groups in total. The van der Waals surface area contributed by atoms with Crippen LogP contribution in [0.15, 0.2) is 28.5 Å². The summed E-state index contributed by atoms with van der Waals surface area (Å²) in [6.07, 6.45) is 8.82. The highest BCUT2D eigenvalue weighted by atomic mass is 16.6. The third-order valence-electron chi connectivity index (χ3n) is 10.1. The largest absolute Gasteiger partial charge is 0.393 e. The van der Waals surface area contributed by atoms with Crippen LogP contribution in [0, 0.1) is 28.1 Å². The van der Waals surface area contributed by atoms with E-state index in [0.29, 0.717) is 19.4 Å². The van der Waals surface area contributed by atoms with E-state index in [2.05, 4.69) is 19.0 Å². The van der Waals surface area contributed by atoms with Gasteiger partial charge >= 0.3 is 0 Å². The Bertz CT molecular complexity index is 886. The molecule has 0 amide bonds. The minimum atomic E-state index is -0.993.